The molecule has 0 aliphatic carbocycles. The highest BCUT2D eigenvalue weighted by atomic mass is 16.5. The molecule has 3 heterocycles. The first-order chi connectivity index (χ1) is 12.7. The number of aromatic nitrogens is 1. The molecule has 3 aromatic rings. The fourth-order valence-corrected chi connectivity index (χ4v) is 4.63. The van der Waals surface area contributed by atoms with Gasteiger partial charge in [0.05, 0.1) is 5.60 Å². The maximum atomic E-state index is 13.6. The number of aryl methyl sites for hydroxylation is 1. The van der Waals surface area contributed by atoms with Gasteiger partial charge in [0.25, 0.3) is 0 Å². The molecule has 1 fully saturated rings. The highest BCUT2D eigenvalue weighted by Gasteiger charge is 2.48. The summed E-state index contributed by atoms with van der Waals surface area (Å²) in [6.45, 7) is 3.80. The number of para-hydroxylation sites is 1. The molecule has 0 radical (unpaired) electrons. The van der Waals surface area contributed by atoms with Crippen molar-refractivity contribution in [3.8, 4) is 0 Å². The third-order valence-corrected chi connectivity index (χ3v) is 5.87. The normalized spacial score (nSPS) is 21.2. The van der Waals surface area contributed by atoms with E-state index in [0.717, 1.165) is 53.7 Å². The van der Waals surface area contributed by atoms with Crippen LogP contribution >= 0.6 is 0 Å². The molecule has 4 nitrogen and oxygen atoms in total. The zero-order chi connectivity index (χ0) is 17.7. The second-order valence-corrected chi connectivity index (χ2v) is 7.36. The summed E-state index contributed by atoms with van der Waals surface area (Å²) in [5, 5.41) is 4.38. The molecule has 0 bridgehead atoms. The largest absolute Gasteiger partial charge is 0.358 e. The van der Waals surface area contributed by atoms with Gasteiger partial charge >= 0.3 is 0 Å². The third kappa shape index (κ3) is 2.19. The molecule has 2 N–H and O–H groups in total. The van der Waals surface area contributed by atoms with Crippen molar-refractivity contribution in [3.05, 3.63) is 70.9 Å². The molecule has 2 aliphatic heterocycles. The summed E-state index contributed by atoms with van der Waals surface area (Å²) in [4.78, 5) is 16.9. The number of piperidine rings is 1. The molecule has 132 valence electrons. The van der Waals surface area contributed by atoms with Gasteiger partial charge in [-0.3, -0.25) is 4.79 Å². The van der Waals surface area contributed by atoms with E-state index >= 15 is 0 Å². The molecular formula is C22H22N2O2. The van der Waals surface area contributed by atoms with Crippen molar-refractivity contribution in [1.82, 2.24) is 10.3 Å². The van der Waals surface area contributed by atoms with Gasteiger partial charge in [0.2, 0.25) is 0 Å². The molecule has 0 unspecified atom stereocenters. The molecule has 26 heavy (non-hydrogen) atoms. The minimum atomic E-state index is -0.526. The SMILES string of the molecule is Cc1[nH]c2ccccc2c1C(=O)[C@@H]1OC2(CCNCC2)c2ccccc21. The van der Waals surface area contributed by atoms with Crippen LogP contribution in [0, 0.1) is 6.92 Å². The van der Waals surface area contributed by atoms with Crippen LogP contribution in [-0.2, 0) is 10.3 Å². The summed E-state index contributed by atoms with van der Waals surface area (Å²) in [6, 6.07) is 16.2. The van der Waals surface area contributed by atoms with E-state index in [9.17, 15) is 4.79 Å². The number of aromatic amines is 1. The predicted octanol–water partition coefficient (Wildman–Crippen LogP) is 4.01. The molecule has 0 saturated carbocycles. The number of benzene rings is 2. The molecule has 0 amide bonds. The second-order valence-electron chi connectivity index (χ2n) is 7.36. The second kappa shape index (κ2) is 5.79. The summed E-state index contributed by atoms with van der Waals surface area (Å²) in [6.07, 6.45) is 1.28. The van der Waals surface area contributed by atoms with Gasteiger partial charge in [0, 0.05) is 22.2 Å². The zero-order valence-electron chi connectivity index (χ0n) is 14.8. The van der Waals surface area contributed by atoms with E-state index in [4.69, 9.17) is 4.74 Å². The van der Waals surface area contributed by atoms with Crippen molar-refractivity contribution in [2.45, 2.75) is 31.5 Å². The Morgan fingerprint density at radius 1 is 1.08 bits per heavy atom. The van der Waals surface area contributed by atoms with Crippen LogP contribution in [0.1, 0.15) is 46.1 Å². The number of H-pyrrole nitrogens is 1. The first-order valence-corrected chi connectivity index (χ1v) is 9.29. The van der Waals surface area contributed by atoms with Crippen LogP contribution in [0.25, 0.3) is 10.9 Å². The average molecular weight is 346 g/mol. The van der Waals surface area contributed by atoms with Crippen molar-refractivity contribution in [2.24, 2.45) is 0 Å². The highest BCUT2D eigenvalue weighted by Crippen LogP contribution is 2.49. The topological polar surface area (TPSA) is 54.1 Å². The fraction of sp³-hybridized carbons (Fsp3) is 0.318. The van der Waals surface area contributed by atoms with E-state index in [1.165, 1.54) is 5.56 Å². The third-order valence-electron chi connectivity index (χ3n) is 5.87. The maximum Gasteiger partial charge on any atom is 0.198 e. The van der Waals surface area contributed by atoms with Gasteiger partial charge in [0.15, 0.2) is 5.78 Å². The zero-order valence-corrected chi connectivity index (χ0v) is 14.8. The summed E-state index contributed by atoms with van der Waals surface area (Å²) < 4.78 is 6.55. The molecular weight excluding hydrogens is 324 g/mol. The number of Topliss-reactive ketones (excluding diaryl/α,β-unsaturated/α-hetero) is 1. The number of hydrogen-bond acceptors (Lipinski definition) is 3. The van der Waals surface area contributed by atoms with Gasteiger partial charge < -0.3 is 15.0 Å². The van der Waals surface area contributed by atoms with E-state index in [0.29, 0.717) is 0 Å². The highest BCUT2D eigenvalue weighted by molar-refractivity contribution is 6.11. The first-order valence-electron chi connectivity index (χ1n) is 9.29. The lowest BCUT2D eigenvalue weighted by molar-refractivity contribution is -0.0806. The van der Waals surface area contributed by atoms with Crippen molar-refractivity contribution < 1.29 is 9.53 Å². The lowest BCUT2D eigenvalue weighted by Crippen LogP contribution is -2.40. The minimum Gasteiger partial charge on any atom is -0.358 e. The Morgan fingerprint density at radius 2 is 1.81 bits per heavy atom. The lowest BCUT2D eigenvalue weighted by Gasteiger charge is -2.34. The lowest BCUT2D eigenvalue weighted by atomic mass is 9.83. The fourth-order valence-electron chi connectivity index (χ4n) is 4.63. The molecule has 1 spiro atoms. The van der Waals surface area contributed by atoms with Crippen molar-refractivity contribution in [2.75, 3.05) is 13.1 Å². The number of nitrogens with one attached hydrogen (secondary N) is 2. The monoisotopic (exact) mass is 346 g/mol. The van der Waals surface area contributed by atoms with E-state index in [1.807, 2.05) is 37.3 Å². The number of rotatable bonds is 2. The Bertz CT molecular complexity index is 998. The van der Waals surface area contributed by atoms with Crippen LogP contribution in [0.4, 0.5) is 0 Å². The predicted molar refractivity (Wildman–Crippen MR) is 101 cm³/mol. The first kappa shape index (κ1) is 15.8. The summed E-state index contributed by atoms with van der Waals surface area (Å²) >= 11 is 0. The van der Waals surface area contributed by atoms with Gasteiger partial charge in [-0.1, -0.05) is 42.5 Å². The van der Waals surface area contributed by atoms with Gasteiger partial charge in [-0.05, 0) is 50.0 Å². The van der Waals surface area contributed by atoms with E-state index < -0.39 is 6.10 Å². The summed E-state index contributed by atoms with van der Waals surface area (Å²) in [5.74, 6) is 0.0582. The molecule has 1 atom stereocenters. The number of ketones is 1. The van der Waals surface area contributed by atoms with Gasteiger partial charge in [0.1, 0.15) is 6.10 Å². The molecule has 1 aromatic heterocycles. The minimum absolute atomic E-state index is 0.0582. The average Bonchev–Trinajstić information content (AvgIpc) is 3.17. The van der Waals surface area contributed by atoms with Gasteiger partial charge in [-0.2, -0.15) is 0 Å². The van der Waals surface area contributed by atoms with E-state index in [1.54, 1.807) is 0 Å². The quantitative estimate of drug-likeness (QED) is 0.690. The van der Waals surface area contributed by atoms with Crippen LogP contribution in [0.3, 0.4) is 0 Å². The van der Waals surface area contributed by atoms with Crippen LogP contribution in [0.2, 0.25) is 0 Å². The molecule has 1 saturated heterocycles. The number of hydrogen-bond donors (Lipinski definition) is 2. The Kier molecular flexibility index (Phi) is 3.52. The number of fused-ring (bicyclic) bond motifs is 3. The molecule has 2 aromatic carbocycles. The molecule has 2 aliphatic rings. The van der Waals surface area contributed by atoms with Gasteiger partial charge in [-0.25, -0.2) is 0 Å². The van der Waals surface area contributed by atoms with Crippen LogP contribution in [0.5, 0.6) is 0 Å². The van der Waals surface area contributed by atoms with Crippen LogP contribution in [0.15, 0.2) is 48.5 Å². The standard InChI is InChI=1S/C22H22N2O2/c1-14-19(16-7-3-5-9-18(16)24-14)20(25)21-15-6-2-4-8-17(15)22(26-21)10-12-23-13-11-22/h2-9,21,23-24H,10-13H2,1H3/t21-/m1/s1. The van der Waals surface area contributed by atoms with Crippen molar-refractivity contribution in [3.63, 3.8) is 0 Å². The molecule has 4 heteroatoms. The Morgan fingerprint density at radius 3 is 2.65 bits per heavy atom. The Balaban J connectivity index is 1.62. The maximum absolute atomic E-state index is 13.6. The summed E-state index contributed by atoms with van der Waals surface area (Å²) in [5.41, 5.74) is 4.55. The Labute approximate surface area is 152 Å². The number of carbonyl (C=O) groups excluding carboxylic acids is 1. The van der Waals surface area contributed by atoms with Crippen molar-refractivity contribution >= 4 is 16.7 Å². The van der Waals surface area contributed by atoms with Crippen LogP contribution in [-0.4, -0.2) is 23.9 Å². The van der Waals surface area contributed by atoms with Crippen molar-refractivity contribution in [1.29, 1.82) is 0 Å². The Hall–Kier alpha value is -2.43. The molecule has 5 rings (SSSR count). The van der Waals surface area contributed by atoms with Crippen LogP contribution < -0.4 is 5.32 Å². The van der Waals surface area contributed by atoms with E-state index in [2.05, 4.69) is 28.5 Å². The van der Waals surface area contributed by atoms with Gasteiger partial charge in [-0.15, -0.1) is 0 Å². The number of ether oxygens (including phenoxy) is 1. The van der Waals surface area contributed by atoms with E-state index in [-0.39, 0.29) is 11.4 Å². The summed E-state index contributed by atoms with van der Waals surface area (Å²) in [7, 11) is 0. The number of carbonyl (C=O) groups is 1. The smallest absolute Gasteiger partial charge is 0.198 e.